The summed E-state index contributed by atoms with van der Waals surface area (Å²) in [6.45, 7) is 5.87. The molecule has 0 bridgehead atoms. The van der Waals surface area contributed by atoms with Crippen LogP contribution in [0.2, 0.25) is 0 Å². The second-order valence-electron chi connectivity index (χ2n) is 5.37. The molecule has 1 heterocycles. The first kappa shape index (κ1) is 12.8. The van der Waals surface area contributed by atoms with Gasteiger partial charge in [0.15, 0.2) is 0 Å². The molecule has 2 fully saturated rings. The molecular weight excluding hydrogens is 214 g/mol. The molecule has 98 valence electrons. The Hall–Kier alpha value is -0.610. The van der Waals surface area contributed by atoms with E-state index in [-0.39, 0.29) is 0 Å². The van der Waals surface area contributed by atoms with E-state index in [1.54, 1.807) is 0 Å². The van der Waals surface area contributed by atoms with Gasteiger partial charge in [0.1, 0.15) is 0 Å². The summed E-state index contributed by atoms with van der Waals surface area (Å²) in [6, 6.07) is 0. The minimum absolute atomic E-state index is 0.383. The third-order valence-electron chi connectivity index (χ3n) is 3.81. The summed E-state index contributed by atoms with van der Waals surface area (Å²) in [6.07, 6.45) is 5.64. The van der Waals surface area contributed by atoms with Gasteiger partial charge in [0, 0.05) is 32.6 Å². The van der Waals surface area contributed by atoms with Gasteiger partial charge in [-0.25, -0.2) is 0 Å². The zero-order chi connectivity index (χ0) is 12.1. The molecule has 2 aliphatic rings. The number of hydrogen-bond acceptors (Lipinski definition) is 3. The van der Waals surface area contributed by atoms with Gasteiger partial charge >= 0.3 is 0 Å². The normalized spacial score (nSPS) is 21.8. The van der Waals surface area contributed by atoms with Crippen LogP contribution in [0.25, 0.3) is 0 Å². The van der Waals surface area contributed by atoms with Gasteiger partial charge in [0.25, 0.3) is 0 Å². The van der Waals surface area contributed by atoms with Crippen LogP contribution in [0, 0.1) is 5.92 Å². The van der Waals surface area contributed by atoms with Crippen LogP contribution >= 0.6 is 0 Å². The molecule has 0 radical (unpaired) electrons. The van der Waals surface area contributed by atoms with Crippen LogP contribution < -0.4 is 5.73 Å². The SMILES string of the molecule is NCCCCN1CCN(C(=O)CC2CC2)CC1. The highest BCUT2D eigenvalue weighted by Gasteiger charge is 2.28. The minimum atomic E-state index is 0.383. The van der Waals surface area contributed by atoms with Gasteiger partial charge in [-0.2, -0.15) is 0 Å². The fourth-order valence-corrected chi connectivity index (χ4v) is 2.40. The van der Waals surface area contributed by atoms with Gasteiger partial charge in [-0.15, -0.1) is 0 Å². The fourth-order valence-electron chi connectivity index (χ4n) is 2.40. The Morgan fingerprint density at radius 2 is 1.82 bits per heavy atom. The summed E-state index contributed by atoms with van der Waals surface area (Å²) < 4.78 is 0. The number of nitrogens with zero attached hydrogens (tertiary/aromatic N) is 2. The molecule has 4 heteroatoms. The Bertz CT molecular complexity index is 245. The highest BCUT2D eigenvalue weighted by atomic mass is 16.2. The van der Waals surface area contributed by atoms with Crippen LogP contribution in [-0.2, 0) is 4.79 Å². The highest BCUT2D eigenvalue weighted by Crippen LogP contribution is 2.32. The molecule has 4 nitrogen and oxygen atoms in total. The molecule has 17 heavy (non-hydrogen) atoms. The number of amides is 1. The van der Waals surface area contributed by atoms with Crippen LogP contribution in [0.3, 0.4) is 0 Å². The first-order chi connectivity index (χ1) is 8.29. The molecule has 0 aromatic rings. The molecule has 1 saturated carbocycles. The Labute approximate surface area is 104 Å². The van der Waals surface area contributed by atoms with Crippen LogP contribution in [0.15, 0.2) is 0 Å². The van der Waals surface area contributed by atoms with Crippen molar-refractivity contribution in [2.45, 2.75) is 32.1 Å². The first-order valence-electron chi connectivity index (χ1n) is 7.00. The zero-order valence-electron chi connectivity index (χ0n) is 10.7. The highest BCUT2D eigenvalue weighted by molar-refractivity contribution is 5.76. The lowest BCUT2D eigenvalue weighted by Crippen LogP contribution is -2.48. The quantitative estimate of drug-likeness (QED) is 0.693. The van der Waals surface area contributed by atoms with E-state index in [1.165, 1.54) is 19.3 Å². The monoisotopic (exact) mass is 239 g/mol. The average Bonchev–Trinajstić information content (AvgIpc) is 3.14. The smallest absolute Gasteiger partial charge is 0.222 e. The lowest BCUT2D eigenvalue weighted by molar-refractivity contribution is -0.133. The van der Waals surface area contributed by atoms with Crippen molar-refractivity contribution in [3.63, 3.8) is 0 Å². The van der Waals surface area contributed by atoms with Crippen molar-refractivity contribution in [1.29, 1.82) is 0 Å². The van der Waals surface area contributed by atoms with Crippen LogP contribution in [0.4, 0.5) is 0 Å². The number of carbonyl (C=O) groups excluding carboxylic acids is 1. The summed E-state index contributed by atoms with van der Waals surface area (Å²) in [5.41, 5.74) is 5.49. The predicted octanol–water partition coefficient (Wildman–Crippen LogP) is 0.670. The van der Waals surface area contributed by atoms with Gasteiger partial charge in [0.2, 0.25) is 5.91 Å². The fraction of sp³-hybridized carbons (Fsp3) is 0.923. The zero-order valence-corrected chi connectivity index (χ0v) is 10.7. The van der Waals surface area contributed by atoms with Crippen molar-refractivity contribution in [3.8, 4) is 0 Å². The predicted molar refractivity (Wildman–Crippen MR) is 68.6 cm³/mol. The largest absolute Gasteiger partial charge is 0.340 e. The number of rotatable bonds is 6. The molecule has 0 atom stereocenters. The molecule has 1 amide bonds. The third-order valence-corrected chi connectivity index (χ3v) is 3.81. The van der Waals surface area contributed by atoms with Gasteiger partial charge in [0.05, 0.1) is 0 Å². The molecule has 0 aromatic carbocycles. The maximum absolute atomic E-state index is 11.9. The maximum atomic E-state index is 11.9. The summed E-state index contributed by atoms with van der Waals surface area (Å²) in [7, 11) is 0. The molecule has 2 N–H and O–H groups in total. The van der Waals surface area contributed by atoms with Crippen LogP contribution in [-0.4, -0.2) is 55.0 Å². The van der Waals surface area contributed by atoms with E-state index in [0.29, 0.717) is 11.8 Å². The van der Waals surface area contributed by atoms with Crippen molar-refractivity contribution < 1.29 is 4.79 Å². The standard InChI is InChI=1S/C13H25N3O/c14-5-1-2-6-15-7-9-16(10-8-15)13(17)11-12-3-4-12/h12H,1-11,14H2. The second-order valence-corrected chi connectivity index (χ2v) is 5.37. The lowest BCUT2D eigenvalue weighted by Gasteiger charge is -2.34. The Kier molecular flexibility index (Phi) is 4.80. The number of piperazine rings is 1. The lowest BCUT2D eigenvalue weighted by atomic mass is 10.2. The van der Waals surface area contributed by atoms with E-state index >= 15 is 0 Å². The number of hydrogen-bond donors (Lipinski definition) is 1. The molecule has 0 unspecified atom stereocenters. The van der Waals surface area contributed by atoms with E-state index in [4.69, 9.17) is 5.73 Å². The number of unbranched alkanes of at least 4 members (excludes halogenated alkanes) is 1. The average molecular weight is 239 g/mol. The molecule has 1 aliphatic heterocycles. The Morgan fingerprint density at radius 3 is 2.41 bits per heavy atom. The molecule has 0 aromatic heterocycles. The summed E-state index contributed by atoms with van der Waals surface area (Å²) in [5, 5.41) is 0. The van der Waals surface area contributed by atoms with Gasteiger partial charge in [-0.1, -0.05) is 0 Å². The molecular formula is C13H25N3O. The molecule has 0 spiro atoms. The molecule has 1 aliphatic carbocycles. The van der Waals surface area contributed by atoms with E-state index in [0.717, 1.165) is 52.1 Å². The van der Waals surface area contributed by atoms with Crippen molar-refractivity contribution in [1.82, 2.24) is 9.80 Å². The number of carbonyl (C=O) groups is 1. The van der Waals surface area contributed by atoms with Gasteiger partial charge in [-0.3, -0.25) is 9.69 Å². The van der Waals surface area contributed by atoms with Crippen LogP contribution in [0.5, 0.6) is 0 Å². The van der Waals surface area contributed by atoms with Crippen molar-refractivity contribution in [3.05, 3.63) is 0 Å². The Balaban J connectivity index is 1.61. The van der Waals surface area contributed by atoms with Gasteiger partial charge in [-0.05, 0) is 44.7 Å². The van der Waals surface area contributed by atoms with Crippen molar-refractivity contribution >= 4 is 5.91 Å². The van der Waals surface area contributed by atoms with Crippen LogP contribution in [0.1, 0.15) is 32.1 Å². The van der Waals surface area contributed by atoms with Gasteiger partial charge < -0.3 is 10.6 Å². The summed E-state index contributed by atoms with van der Waals surface area (Å²) in [5.74, 6) is 1.10. The van der Waals surface area contributed by atoms with Crippen molar-refractivity contribution in [2.24, 2.45) is 11.7 Å². The van der Waals surface area contributed by atoms with Crippen molar-refractivity contribution in [2.75, 3.05) is 39.3 Å². The summed E-state index contributed by atoms with van der Waals surface area (Å²) in [4.78, 5) is 16.4. The third kappa shape index (κ3) is 4.28. The summed E-state index contributed by atoms with van der Waals surface area (Å²) >= 11 is 0. The number of nitrogens with two attached hydrogens (primary N) is 1. The van der Waals surface area contributed by atoms with E-state index in [1.807, 2.05) is 0 Å². The van der Waals surface area contributed by atoms with E-state index < -0.39 is 0 Å². The minimum Gasteiger partial charge on any atom is -0.340 e. The molecule has 1 saturated heterocycles. The second kappa shape index (κ2) is 6.36. The Morgan fingerprint density at radius 1 is 1.12 bits per heavy atom. The molecule has 2 rings (SSSR count). The maximum Gasteiger partial charge on any atom is 0.222 e. The van der Waals surface area contributed by atoms with E-state index in [9.17, 15) is 4.79 Å². The first-order valence-corrected chi connectivity index (χ1v) is 7.00. The topological polar surface area (TPSA) is 49.6 Å². The van der Waals surface area contributed by atoms with E-state index in [2.05, 4.69) is 9.80 Å².